The predicted octanol–water partition coefficient (Wildman–Crippen LogP) is 2.84. The van der Waals surface area contributed by atoms with Crippen LogP contribution in [0.1, 0.15) is 41.0 Å². The highest BCUT2D eigenvalue weighted by molar-refractivity contribution is 5.94. The third kappa shape index (κ3) is 4.07. The molecule has 1 aromatic carbocycles. The maximum atomic E-state index is 12.9. The number of anilines is 1. The topological polar surface area (TPSA) is 58.1 Å². The molecule has 0 spiro atoms. The molecule has 2 heterocycles. The molecule has 0 atom stereocenters. The summed E-state index contributed by atoms with van der Waals surface area (Å²) < 4.78 is 12.9. The molecule has 0 unspecified atom stereocenters. The molecule has 1 aliphatic rings. The van der Waals surface area contributed by atoms with Crippen molar-refractivity contribution in [1.29, 1.82) is 0 Å². The van der Waals surface area contributed by atoms with Crippen LogP contribution in [-0.2, 0) is 6.54 Å². The number of piperidine rings is 1. The highest BCUT2D eigenvalue weighted by Gasteiger charge is 2.15. The van der Waals surface area contributed by atoms with E-state index in [0.29, 0.717) is 12.1 Å². The summed E-state index contributed by atoms with van der Waals surface area (Å²) in [5, 5.41) is 2.82. The van der Waals surface area contributed by atoms with Crippen molar-refractivity contribution in [3.63, 3.8) is 0 Å². The molecule has 6 heteroatoms. The lowest BCUT2D eigenvalue weighted by Crippen LogP contribution is -2.32. The van der Waals surface area contributed by atoms with Gasteiger partial charge in [-0.15, -0.1) is 0 Å². The monoisotopic (exact) mass is 328 g/mol. The predicted molar refractivity (Wildman–Crippen MR) is 90.4 cm³/mol. The SMILES string of the molecule is Cc1cc(CNC(=O)c2ccc(F)cc2)nc(N2CCCCC2)n1. The number of hydrogen-bond acceptors (Lipinski definition) is 4. The molecule has 1 amide bonds. The maximum Gasteiger partial charge on any atom is 0.251 e. The standard InChI is InChI=1S/C18H21FN4O/c1-13-11-16(22-18(21-13)23-9-3-2-4-10-23)12-20-17(24)14-5-7-15(19)8-6-14/h5-8,11H,2-4,9-10,12H2,1H3,(H,20,24). The summed E-state index contributed by atoms with van der Waals surface area (Å²) in [7, 11) is 0. The number of nitrogens with zero attached hydrogens (tertiary/aromatic N) is 3. The van der Waals surface area contributed by atoms with Gasteiger partial charge in [-0.05, 0) is 56.5 Å². The highest BCUT2D eigenvalue weighted by Crippen LogP contribution is 2.16. The summed E-state index contributed by atoms with van der Waals surface area (Å²) in [5.74, 6) is 0.135. The normalized spacial score (nSPS) is 14.5. The molecule has 1 aliphatic heterocycles. The van der Waals surface area contributed by atoms with Crippen molar-refractivity contribution in [2.24, 2.45) is 0 Å². The van der Waals surface area contributed by atoms with Crippen molar-refractivity contribution in [3.05, 3.63) is 53.1 Å². The van der Waals surface area contributed by atoms with E-state index in [2.05, 4.69) is 20.2 Å². The van der Waals surface area contributed by atoms with Crippen LogP contribution in [0.3, 0.4) is 0 Å². The average Bonchev–Trinajstić information content (AvgIpc) is 2.60. The third-order valence-corrected chi connectivity index (χ3v) is 4.07. The Morgan fingerprint density at radius 1 is 1.17 bits per heavy atom. The molecule has 5 nitrogen and oxygen atoms in total. The number of halogens is 1. The summed E-state index contributed by atoms with van der Waals surface area (Å²) in [6.45, 7) is 4.20. The number of hydrogen-bond donors (Lipinski definition) is 1. The van der Waals surface area contributed by atoms with Gasteiger partial charge >= 0.3 is 0 Å². The van der Waals surface area contributed by atoms with Crippen LogP contribution >= 0.6 is 0 Å². The first-order valence-electron chi connectivity index (χ1n) is 8.25. The van der Waals surface area contributed by atoms with E-state index in [0.717, 1.165) is 43.3 Å². The summed E-state index contributed by atoms with van der Waals surface area (Å²) >= 11 is 0. The number of amides is 1. The Balaban J connectivity index is 1.67. The Hall–Kier alpha value is -2.50. The van der Waals surface area contributed by atoms with Crippen molar-refractivity contribution in [1.82, 2.24) is 15.3 Å². The van der Waals surface area contributed by atoms with Crippen LogP contribution in [0.5, 0.6) is 0 Å². The Kier molecular flexibility index (Phi) is 5.03. The zero-order valence-electron chi connectivity index (χ0n) is 13.8. The van der Waals surface area contributed by atoms with Gasteiger partial charge in [-0.1, -0.05) is 0 Å². The van der Waals surface area contributed by atoms with Crippen LogP contribution in [0.15, 0.2) is 30.3 Å². The number of carbonyl (C=O) groups is 1. The molecule has 2 aromatic rings. The molecule has 24 heavy (non-hydrogen) atoms. The van der Waals surface area contributed by atoms with Crippen LogP contribution < -0.4 is 10.2 Å². The zero-order chi connectivity index (χ0) is 16.9. The van der Waals surface area contributed by atoms with Crippen molar-refractivity contribution >= 4 is 11.9 Å². The largest absolute Gasteiger partial charge is 0.346 e. The summed E-state index contributed by atoms with van der Waals surface area (Å²) in [5.41, 5.74) is 2.09. The molecule has 3 rings (SSSR count). The van der Waals surface area contributed by atoms with Gasteiger partial charge in [0.15, 0.2) is 0 Å². The van der Waals surface area contributed by atoms with E-state index in [-0.39, 0.29) is 11.7 Å². The Morgan fingerprint density at radius 2 is 1.88 bits per heavy atom. The zero-order valence-corrected chi connectivity index (χ0v) is 13.8. The average molecular weight is 328 g/mol. The van der Waals surface area contributed by atoms with E-state index >= 15 is 0 Å². The second-order valence-corrected chi connectivity index (χ2v) is 6.04. The van der Waals surface area contributed by atoms with Crippen molar-refractivity contribution < 1.29 is 9.18 Å². The van der Waals surface area contributed by atoms with Crippen LogP contribution in [0.2, 0.25) is 0 Å². The fraction of sp³-hybridized carbons (Fsp3) is 0.389. The number of rotatable bonds is 4. The van der Waals surface area contributed by atoms with Gasteiger partial charge in [0.2, 0.25) is 5.95 Å². The molecule has 1 fully saturated rings. The second kappa shape index (κ2) is 7.38. The number of benzene rings is 1. The number of aromatic nitrogens is 2. The fourth-order valence-corrected chi connectivity index (χ4v) is 2.82. The van der Waals surface area contributed by atoms with E-state index < -0.39 is 0 Å². The van der Waals surface area contributed by atoms with E-state index in [1.54, 1.807) is 0 Å². The Bertz CT molecular complexity index is 711. The first-order valence-corrected chi connectivity index (χ1v) is 8.25. The lowest BCUT2D eigenvalue weighted by Gasteiger charge is -2.27. The Labute approximate surface area is 140 Å². The maximum absolute atomic E-state index is 12.9. The van der Waals surface area contributed by atoms with Crippen LogP contribution in [0.25, 0.3) is 0 Å². The molecular formula is C18H21FN4O. The van der Waals surface area contributed by atoms with E-state index in [1.807, 2.05) is 13.0 Å². The van der Waals surface area contributed by atoms with Gasteiger partial charge in [0.05, 0.1) is 12.2 Å². The first-order chi connectivity index (χ1) is 11.6. The molecule has 0 radical (unpaired) electrons. The van der Waals surface area contributed by atoms with E-state index in [9.17, 15) is 9.18 Å². The molecule has 1 N–H and O–H groups in total. The van der Waals surface area contributed by atoms with Crippen molar-refractivity contribution in [2.75, 3.05) is 18.0 Å². The summed E-state index contributed by atoms with van der Waals surface area (Å²) in [4.78, 5) is 23.4. The quantitative estimate of drug-likeness (QED) is 0.937. The molecule has 0 aliphatic carbocycles. The van der Waals surface area contributed by atoms with Gasteiger partial charge in [0, 0.05) is 24.3 Å². The number of aryl methyl sites for hydroxylation is 1. The Morgan fingerprint density at radius 3 is 2.58 bits per heavy atom. The first kappa shape index (κ1) is 16.4. The van der Waals surface area contributed by atoms with Crippen LogP contribution in [0.4, 0.5) is 10.3 Å². The summed E-state index contributed by atoms with van der Waals surface area (Å²) in [6.07, 6.45) is 3.57. The van der Waals surface area contributed by atoms with Crippen molar-refractivity contribution in [3.8, 4) is 0 Å². The molecular weight excluding hydrogens is 307 g/mol. The molecule has 126 valence electrons. The van der Waals surface area contributed by atoms with Gasteiger partial charge in [-0.3, -0.25) is 4.79 Å². The lowest BCUT2D eigenvalue weighted by molar-refractivity contribution is 0.0950. The highest BCUT2D eigenvalue weighted by atomic mass is 19.1. The minimum absolute atomic E-state index is 0.245. The third-order valence-electron chi connectivity index (χ3n) is 4.07. The second-order valence-electron chi connectivity index (χ2n) is 6.04. The number of nitrogens with one attached hydrogen (secondary N) is 1. The summed E-state index contributed by atoms with van der Waals surface area (Å²) in [6, 6.07) is 7.36. The minimum atomic E-state index is -0.357. The van der Waals surface area contributed by atoms with Crippen LogP contribution in [-0.4, -0.2) is 29.0 Å². The fourth-order valence-electron chi connectivity index (χ4n) is 2.82. The molecule has 1 saturated heterocycles. The molecule has 0 bridgehead atoms. The molecule has 1 aromatic heterocycles. The van der Waals surface area contributed by atoms with Crippen molar-refractivity contribution in [2.45, 2.75) is 32.7 Å². The van der Waals surface area contributed by atoms with Gasteiger partial charge in [0.25, 0.3) is 5.91 Å². The lowest BCUT2D eigenvalue weighted by atomic mass is 10.1. The van der Waals surface area contributed by atoms with Gasteiger partial charge in [-0.2, -0.15) is 0 Å². The smallest absolute Gasteiger partial charge is 0.251 e. The number of carbonyl (C=O) groups excluding carboxylic acids is 1. The molecule has 0 saturated carbocycles. The van der Waals surface area contributed by atoms with E-state index in [1.165, 1.54) is 30.7 Å². The van der Waals surface area contributed by atoms with Gasteiger partial charge < -0.3 is 10.2 Å². The van der Waals surface area contributed by atoms with Crippen LogP contribution in [0, 0.1) is 12.7 Å². The minimum Gasteiger partial charge on any atom is -0.346 e. The van der Waals surface area contributed by atoms with Gasteiger partial charge in [0.1, 0.15) is 5.82 Å². The van der Waals surface area contributed by atoms with E-state index in [4.69, 9.17) is 0 Å². The van der Waals surface area contributed by atoms with Gasteiger partial charge in [-0.25, -0.2) is 14.4 Å².